The fourth-order valence-corrected chi connectivity index (χ4v) is 3.47. The van der Waals surface area contributed by atoms with Gasteiger partial charge in [-0.2, -0.15) is 0 Å². The van der Waals surface area contributed by atoms with Crippen molar-refractivity contribution in [3.05, 3.63) is 50.6 Å². The molecule has 1 atom stereocenters. The highest BCUT2D eigenvalue weighted by Gasteiger charge is 2.13. The maximum absolute atomic E-state index is 12.1. The standard InChI is InChI=1S/C14H14BrNOS2/c1-9(7-11-3-2-6-19-11)16-14(17)12-5-4-10(15)8-13(12)18/h2-6,8-9,18H,7H2,1H3,(H,16,17). The van der Waals surface area contributed by atoms with Gasteiger partial charge in [0.25, 0.3) is 5.91 Å². The van der Waals surface area contributed by atoms with Gasteiger partial charge in [-0.1, -0.05) is 22.0 Å². The molecule has 0 aliphatic rings. The van der Waals surface area contributed by atoms with E-state index in [9.17, 15) is 4.79 Å². The first-order chi connectivity index (χ1) is 9.06. The third-order valence-corrected chi connectivity index (χ3v) is 4.43. The molecule has 2 rings (SSSR count). The molecular formula is C14H14BrNOS2. The number of amides is 1. The van der Waals surface area contributed by atoms with Crippen molar-refractivity contribution >= 4 is 45.8 Å². The topological polar surface area (TPSA) is 29.1 Å². The van der Waals surface area contributed by atoms with Gasteiger partial charge in [-0.15, -0.1) is 24.0 Å². The van der Waals surface area contributed by atoms with Crippen molar-refractivity contribution in [2.24, 2.45) is 0 Å². The largest absolute Gasteiger partial charge is 0.349 e. The maximum atomic E-state index is 12.1. The van der Waals surface area contributed by atoms with E-state index in [0.717, 1.165) is 10.9 Å². The Kier molecular flexibility index (Phi) is 5.07. The Morgan fingerprint density at radius 1 is 1.47 bits per heavy atom. The molecule has 0 aliphatic carbocycles. The Balaban J connectivity index is 2.00. The number of carbonyl (C=O) groups is 1. The van der Waals surface area contributed by atoms with Crippen molar-refractivity contribution < 1.29 is 4.79 Å². The number of nitrogens with one attached hydrogen (secondary N) is 1. The van der Waals surface area contributed by atoms with Gasteiger partial charge >= 0.3 is 0 Å². The predicted molar refractivity (Wildman–Crippen MR) is 86.3 cm³/mol. The highest BCUT2D eigenvalue weighted by molar-refractivity contribution is 9.10. The van der Waals surface area contributed by atoms with Crippen LogP contribution < -0.4 is 5.32 Å². The number of hydrogen-bond acceptors (Lipinski definition) is 3. The lowest BCUT2D eigenvalue weighted by Crippen LogP contribution is -2.34. The number of thiol groups is 1. The number of rotatable bonds is 4. The number of halogens is 1. The van der Waals surface area contributed by atoms with Crippen LogP contribution in [0.25, 0.3) is 0 Å². The number of carbonyl (C=O) groups excluding carboxylic acids is 1. The maximum Gasteiger partial charge on any atom is 0.252 e. The molecule has 1 aromatic carbocycles. The van der Waals surface area contributed by atoms with E-state index in [1.807, 2.05) is 30.5 Å². The van der Waals surface area contributed by atoms with E-state index in [1.165, 1.54) is 4.88 Å². The van der Waals surface area contributed by atoms with Crippen LogP contribution in [0.3, 0.4) is 0 Å². The Labute approximate surface area is 130 Å². The van der Waals surface area contributed by atoms with Crippen molar-refractivity contribution in [3.8, 4) is 0 Å². The molecule has 1 heterocycles. The van der Waals surface area contributed by atoms with Gasteiger partial charge < -0.3 is 5.32 Å². The highest BCUT2D eigenvalue weighted by Crippen LogP contribution is 2.20. The fraction of sp³-hybridized carbons (Fsp3) is 0.214. The molecule has 0 bridgehead atoms. The van der Waals surface area contributed by atoms with Gasteiger partial charge in [0.15, 0.2) is 0 Å². The Morgan fingerprint density at radius 3 is 2.89 bits per heavy atom. The Hall–Kier alpha value is -0.780. The van der Waals surface area contributed by atoms with Crippen LogP contribution in [0.4, 0.5) is 0 Å². The van der Waals surface area contributed by atoms with Crippen LogP contribution in [0.15, 0.2) is 45.1 Å². The average molecular weight is 356 g/mol. The van der Waals surface area contributed by atoms with Gasteiger partial charge in [-0.3, -0.25) is 4.79 Å². The molecule has 0 radical (unpaired) electrons. The molecule has 100 valence electrons. The third kappa shape index (κ3) is 4.09. The van der Waals surface area contributed by atoms with E-state index in [1.54, 1.807) is 17.4 Å². The first kappa shape index (κ1) is 14.6. The number of hydrogen-bond donors (Lipinski definition) is 2. The predicted octanol–water partition coefficient (Wildman–Crippen LogP) is 4.16. The van der Waals surface area contributed by atoms with Gasteiger partial charge in [0, 0.05) is 26.7 Å². The first-order valence-electron chi connectivity index (χ1n) is 5.88. The molecule has 0 spiro atoms. The van der Waals surface area contributed by atoms with Crippen LogP contribution in [-0.2, 0) is 6.42 Å². The quantitative estimate of drug-likeness (QED) is 0.792. The van der Waals surface area contributed by atoms with E-state index in [4.69, 9.17) is 0 Å². The summed E-state index contributed by atoms with van der Waals surface area (Å²) in [7, 11) is 0. The summed E-state index contributed by atoms with van der Waals surface area (Å²) < 4.78 is 0.917. The second-order valence-corrected chi connectivity index (χ2v) is 6.75. The second-order valence-electron chi connectivity index (χ2n) is 4.32. The molecular weight excluding hydrogens is 342 g/mol. The Bertz CT molecular complexity index is 569. The highest BCUT2D eigenvalue weighted by atomic mass is 79.9. The minimum atomic E-state index is -0.0819. The third-order valence-electron chi connectivity index (χ3n) is 2.67. The first-order valence-corrected chi connectivity index (χ1v) is 8.00. The summed E-state index contributed by atoms with van der Waals surface area (Å²) >= 11 is 9.39. The average Bonchev–Trinajstić information content (AvgIpc) is 2.81. The van der Waals surface area contributed by atoms with Gasteiger partial charge in [-0.25, -0.2) is 0 Å². The van der Waals surface area contributed by atoms with Crippen LogP contribution in [0, 0.1) is 0 Å². The van der Waals surface area contributed by atoms with E-state index >= 15 is 0 Å². The minimum absolute atomic E-state index is 0.0819. The molecule has 1 aromatic heterocycles. The molecule has 2 aromatic rings. The monoisotopic (exact) mass is 355 g/mol. The minimum Gasteiger partial charge on any atom is -0.349 e. The van der Waals surface area contributed by atoms with Crippen LogP contribution >= 0.6 is 39.9 Å². The number of benzene rings is 1. The summed E-state index contributed by atoms with van der Waals surface area (Å²) in [6.45, 7) is 2.01. The van der Waals surface area contributed by atoms with Crippen molar-refractivity contribution in [1.29, 1.82) is 0 Å². The molecule has 5 heteroatoms. The van der Waals surface area contributed by atoms with Crippen molar-refractivity contribution in [2.75, 3.05) is 0 Å². The van der Waals surface area contributed by atoms with E-state index in [-0.39, 0.29) is 11.9 Å². The van der Waals surface area contributed by atoms with E-state index in [0.29, 0.717) is 10.5 Å². The molecule has 0 fully saturated rings. The van der Waals surface area contributed by atoms with E-state index in [2.05, 4.69) is 39.9 Å². The summed E-state index contributed by atoms with van der Waals surface area (Å²) in [5, 5.41) is 5.04. The fourth-order valence-electron chi connectivity index (χ4n) is 1.78. The second kappa shape index (κ2) is 6.59. The van der Waals surface area contributed by atoms with Gasteiger partial charge in [-0.05, 0) is 36.6 Å². The number of thiophene rings is 1. The summed E-state index contributed by atoms with van der Waals surface area (Å²) in [4.78, 5) is 14.1. The SMILES string of the molecule is CC(Cc1cccs1)NC(=O)c1ccc(Br)cc1S. The van der Waals surface area contributed by atoms with Crippen LogP contribution in [0.1, 0.15) is 22.2 Å². The molecule has 0 aliphatic heterocycles. The van der Waals surface area contributed by atoms with Gasteiger partial charge in [0.05, 0.1) is 5.56 Å². The van der Waals surface area contributed by atoms with Crippen molar-refractivity contribution in [1.82, 2.24) is 5.32 Å². The van der Waals surface area contributed by atoms with Crippen LogP contribution in [-0.4, -0.2) is 11.9 Å². The lowest BCUT2D eigenvalue weighted by molar-refractivity contribution is 0.0937. The van der Waals surface area contributed by atoms with Crippen LogP contribution in [0.2, 0.25) is 0 Å². The molecule has 2 nitrogen and oxygen atoms in total. The molecule has 0 saturated heterocycles. The lowest BCUT2D eigenvalue weighted by atomic mass is 10.1. The van der Waals surface area contributed by atoms with Crippen LogP contribution in [0.5, 0.6) is 0 Å². The Morgan fingerprint density at radius 2 is 2.26 bits per heavy atom. The van der Waals surface area contributed by atoms with E-state index < -0.39 is 0 Å². The molecule has 0 saturated carbocycles. The molecule has 1 unspecified atom stereocenters. The zero-order chi connectivity index (χ0) is 13.8. The summed E-state index contributed by atoms with van der Waals surface area (Å²) in [6, 6.07) is 9.65. The van der Waals surface area contributed by atoms with Gasteiger partial charge in [0.1, 0.15) is 0 Å². The van der Waals surface area contributed by atoms with Crippen molar-refractivity contribution in [2.45, 2.75) is 24.3 Å². The zero-order valence-electron chi connectivity index (χ0n) is 10.4. The summed E-state index contributed by atoms with van der Waals surface area (Å²) in [5.74, 6) is -0.0819. The molecule has 1 N–H and O–H groups in total. The summed E-state index contributed by atoms with van der Waals surface area (Å²) in [5.41, 5.74) is 0.601. The van der Waals surface area contributed by atoms with Crippen molar-refractivity contribution in [3.63, 3.8) is 0 Å². The molecule has 1 amide bonds. The van der Waals surface area contributed by atoms with Gasteiger partial charge in [0.2, 0.25) is 0 Å². The zero-order valence-corrected chi connectivity index (χ0v) is 13.7. The lowest BCUT2D eigenvalue weighted by Gasteiger charge is -2.14. The smallest absolute Gasteiger partial charge is 0.252 e. The summed E-state index contributed by atoms with van der Waals surface area (Å²) in [6.07, 6.45) is 0.849. The molecule has 19 heavy (non-hydrogen) atoms. The normalized spacial score (nSPS) is 12.2.